The van der Waals surface area contributed by atoms with Crippen LogP contribution in [-0.4, -0.2) is 38.0 Å². The van der Waals surface area contributed by atoms with E-state index >= 15 is 0 Å². The van der Waals surface area contributed by atoms with Gasteiger partial charge in [0, 0.05) is 31.8 Å². The molecule has 1 aromatic carbocycles. The molecule has 0 aliphatic carbocycles. The highest BCUT2D eigenvalue weighted by molar-refractivity contribution is 5.79. The summed E-state index contributed by atoms with van der Waals surface area (Å²) in [7, 11) is 1.73. The Kier molecular flexibility index (Phi) is 7.78. The van der Waals surface area contributed by atoms with E-state index in [0.29, 0.717) is 38.9 Å². The molecule has 25 heavy (non-hydrogen) atoms. The Morgan fingerprint density at radius 1 is 1.20 bits per heavy atom. The molecule has 7 heteroatoms. The number of hydrogen-bond donors (Lipinski definition) is 2. The molecule has 0 radical (unpaired) electrons. The predicted octanol–water partition coefficient (Wildman–Crippen LogP) is 2.26. The molecule has 2 N–H and O–H groups in total. The van der Waals surface area contributed by atoms with Crippen LogP contribution in [0.25, 0.3) is 0 Å². The topological polar surface area (TPSA) is 80.9 Å². The molecule has 2 rings (SSSR count). The Hall–Kier alpha value is -2.54. The summed E-state index contributed by atoms with van der Waals surface area (Å²) in [6.45, 7) is 6.97. The van der Waals surface area contributed by atoms with Crippen LogP contribution in [0.15, 0.2) is 40.0 Å². The van der Waals surface area contributed by atoms with E-state index < -0.39 is 0 Å². The first-order valence-corrected chi connectivity index (χ1v) is 8.36. The van der Waals surface area contributed by atoms with E-state index in [4.69, 9.17) is 14.0 Å². The van der Waals surface area contributed by atoms with Crippen molar-refractivity contribution in [1.82, 2.24) is 15.8 Å². The molecule has 0 atom stereocenters. The van der Waals surface area contributed by atoms with Crippen molar-refractivity contribution in [3.8, 4) is 5.75 Å². The highest BCUT2D eigenvalue weighted by Gasteiger charge is 2.06. The van der Waals surface area contributed by atoms with Crippen molar-refractivity contribution >= 4 is 5.96 Å². The van der Waals surface area contributed by atoms with Gasteiger partial charge in [0.15, 0.2) is 5.96 Å². The molecule has 1 aromatic heterocycles. The van der Waals surface area contributed by atoms with Gasteiger partial charge in [-0.1, -0.05) is 17.3 Å². The highest BCUT2D eigenvalue weighted by Crippen LogP contribution is 2.20. The van der Waals surface area contributed by atoms with E-state index in [-0.39, 0.29) is 0 Å². The third-order valence-electron chi connectivity index (χ3n) is 3.51. The number of nitrogens with zero attached hydrogens (tertiary/aromatic N) is 2. The number of ether oxygens (including phenoxy) is 2. The van der Waals surface area contributed by atoms with Crippen LogP contribution in [0.2, 0.25) is 0 Å². The molecule has 0 aliphatic heterocycles. The van der Waals surface area contributed by atoms with E-state index in [9.17, 15) is 0 Å². The van der Waals surface area contributed by atoms with Crippen molar-refractivity contribution in [3.05, 3.63) is 47.3 Å². The average molecular weight is 346 g/mol. The summed E-state index contributed by atoms with van der Waals surface area (Å²) in [6, 6.07) is 7.97. The van der Waals surface area contributed by atoms with E-state index in [2.05, 4.69) is 32.9 Å². The summed E-state index contributed by atoms with van der Waals surface area (Å²) in [6.07, 6.45) is 1.55. The van der Waals surface area contributed by atoms with Crippen molar-refractivity contribution in [2.75, 3.05) is 26.9 Å². The minimum atomic E-state index is 0.531. The molecule has 136 valence electrons. The molecule has 0 amide bonds. The Morgan fingerprint density at radius 2 is 2.04 bits per heavy atom. The first kappa shape index (κ1) is 18.8. The summed E-state index contributed by atoms with van der Waals surface area (Å²) in [5.41, 5.74) is 3.04. The second-order valence-corrected chi connectivity index (χ2v) is 5.43. The molecule has 0 unspecified atom stereocenters. The van der Waals surface area contributed by atoms with Crippen LogP contribution in [0.4, 0.5) is 0 Å². The Balaban J connectivity index is 1.89. The van der Waals surface area contributed by atoms with Gasteiger partial charge >= 0.3 is 0 Å². The number of aliphatic imine (C=N–C) groups is 1. The third-order valence-corrected chi connectivity index (χ3v) is 3.51. The highest BCUT2D eigenvalue weighted by atomic mass is 16.5. The first-order chi connectivity index (χ1) is 12.2. The van der Waals surface area contributed by atoms with Crippen molar-refractivity contribution in [2.45, 2.75) is 26.9 Å². The molecule has 0 aliphatic rings. The molecule has 0 saturated heterocycles. The monoisotopic (exact) mass is 346 g/mol. The van der Waals surface area contributed by atoms with Gasteiger partial charge in [-0.25, -0.2) is 0 Å². The summed E-state index contributed by atoms with van der Waals surface area (Å²) in [5.74, 6) is 1.54. The second-order valence-electron chi connectivity index (χ2n) is 5.43. The fourth-order valence-corrected chi connectivity index (χ4v) is 2.20. The van der Waals surface area contributed by atoms with Crippen LogP contribution < -0.4 is 15.4 Å². The zero-order chi connectivity index (χ0) is 17.9. The molecule has 0 bridgehead atoms. The number of aromatic nitrogens is 1. The smallest absolute Gasteiger partial charge is 0.191 e. The zero-order valence-electron chi connectivity index (χ0n) is 15.0. The standard InChI is InChI=1S/C18H26N4O3/c1-4-23-9-10-24-17-11-14(2)5-6-15(17)12-20-18(19-3)21-13-16-7-8-25-22-16/h5-8,11H,4,9-10,12-13H2,1-3H3,(H2,19,20,21). The van der Waals surface area contributed by atoms with Gasteiger partial charge in [-0.05, 0) is 25.5 Å². The number of aryl methyl sites for hydroxylation is 1. The molecule has 0 saturated carbocycles. The second kappa shape index (κ2) is 10.4. The minimum absolute atomic E-state index is 0.531. The number of hydrogen-bond acceptors (Lipinski definition) is 5. The van der Waals surface area contributed by atoms with E-state index in [1.807, 2.05) is 26.0 Å². The normalized spacial score (nSPS) is 11.4. The molecule has 0 spiro atoms. The summed E-state index contributed by atoms with van der Waals surface area (Å²) in [4.78, 5) is 4.21. The minimum Gasteiger partial charge on any atom is -0.491 e. The number of nitrogens with one attached hydrogen (secondary N) is 2. The van der Waals surface area contributed by atoms with Crippen molar-refractivity contribution in [1.29, 1.82) is 0 Å². The van der Waals surface area contributed by atoms with Crippen LogP contribution in [-0.2, 0) is 17.8 Å². The Labute approximate surface area is 148 Å². The molecular formula is C18H26N4O3. The molecule has 2 aromatic rings. The zero-order valence-corrected chi connectivity index (χ0v) is 15.0. The average Bonchev–Trinajstić information content (AvgIpc) is 3.14. The molecular weight excluding hydrogens is 320 g/mol. The van der Waals surface area contributed by atoms with Crippen LogP contribution >= 0.6 is 0 Å². The van der Waals surface area contributed by atoms with Gasteiger partial charge in [0.2, 0.25) is 0 Å². The van der Waals surface area contributed by atoms with E-state index in [0.717, 1.165) is 22.6 Å². The van der Waals surface area contributed by atoms with Crippen molar-refractivity contribution in [3.63, 3.8) is 0 Å². The number of guanidine groups is 1. The van der Waals surface area contributed by atoms with E-state index in [1.165, 1.54) is 0 Å². The van der Waals surface area contributed by atoms with Gasteiger partial charge in [0.1, 0.15) is 24.3 Å². The van der Waals surface area contributed by atoms with Gasteiger partial charge in [-0.3, -0.25) is 4.99 Å². The summed E-state index contributed by atoms with van der Waals surface area (Å²) >= 11 is 0. The van der Waals surface area contributed by atoms with Gasteiger partial charge in [0.25, 0.3) is 0 Å². The Bertz CT molecular complexity index is 656. The SMILES string of the molecule is CCOCCOc1cc(C)ccc1CNC(=NC)NCc1ccon1. The van der Waals surface area contributed by atoms with Gasteiger partial charge in [-0.15, -0.1) is 0 Å². The lowest BCUT2D eigenvalue weighted by Crippen LogP contribution is -2.36. The molecule has 7 nitrogen and oxygen atoms in total. The fraction of sp³-hybridized carbons (Fsp3) is 0.444. The van der Waals surface area contributed by atoms with Gasteiger partial charge in [0.05, 0.1) is 13.2 Å². The summed E-state index contributed by atoms with van der Waals surface area (Å²) < 4.78 is 16.0. The van der Waals surface area contributed by atoms with Crippen LogP contribution in [0, 0.1) is 6.92 Å². The number of benzene rings is 1. The van der Waals surface area contributed by atoms with E-state index in [1.54, 1.807) is 13.3 Å². The largest absolute Gasteiger partial charge is 0.491 e. The molecule has 0 fully saturated rings. The van der Waals surface area contributed by atoms with Crippen LogP contribution in [0.1, 0.15) is 23.7 Å². The first-order valence-electron chi connectivity index (χ1n) is 8.36. The lowest BCUT2D eigenvalue weighted by molar-refractivity contribution is 0.110. The van der Waals surface area contributed by atoms with Crippen molar-refractivity contribution in [2.24, 2.45) is 4.99 Å². The quantitative estimate of drug-likeness (QED) is 0.412. The lowest BCUT2D eigenvalue weighted by atomic mass is 10.1. The molecule has 1 heterocycles. The third kappa shape index (κ3) is 6.46. The summed E-state index contributed by atoms with van der Waals surface area (Å²) in [5, 5.41) is 10.3. The maximum absolute atomic E-state index is 5.86. The van der Waals surface area contributed by atoms with Gasteiger partial charge < -0.3 is 24.6 Å². The maximum atomic E-state index is 5.86. The predicted molar refractivity (Wildman–Crippen MR) is 96.7 cm³/mol. The Morgan fingerprint density at radius 3 is 2.76 bits per heavy atom. The lowest BCUT2D eigenvalue weighted by Gasteiger charge is -2.15. The van der Waals surface area contributed by atoms with Crippen LogP contribution in [0.3, 0.4) is 0 Å². The van der Waals surface area contributed by atoms with Gasteiger partial charge in [-0.2, -0.15) is 0 Å². The fourth-order valence-electron chi connectivity index (χ4n) is 2.20. The van der Waals surface area contributed by atoms with Crippen molar-refractivity contribution < 1.29 is 14.0 Å². The maximum Gasteiger partial charge on any atom is 0.191 e. The van der Waals surface area contributed by atoms with Crippen LogP contribution in [0.5, 0.6) is 5.75 Å². The number of rotatable bonds is 9.